The molecule has 1 aromatic carbocycles. The highest BCUT2D eigenvalue weighted by Crippen LogP contribution is 2.38. The van der Waals surface area contributed by atoms with Crippen LogP contribution in [0.3, 0.4) is 0 Å². The second-order valence-electron chi connectivity index (χ2n) is 8.24. The summed E-state index contributed by atoms with van der Waals surface area (Å²) in [6.07, 6.45) is 7.88. The Morgan fingerprint density at radius 3 is 2.67 bits per heavy atom. The summed E-state index contributed by atoms with van der Waals surface area (Å²) in [5.41, 5.74) is 2.01. The number of hydrazone groups is 1. The van der Waals surface area contributed by atoms with Gasteiger partial charge in [-0.25, -0.2) is 0 Å². The number of ether oxygens (including phenoxy) is 4. The summed E-state index contributed by atoms with van der Waals surface area (Å²) in [6.45, 7) is 11.5. The third kappa shape index (κ3) is 6.58. The van der Waals surface area contributed by atoms with Crippen LogP contribution < -0.4 is 9.47 Å². The number of methoxy groups -OCH3 is 2. The Kier molecular flexibility index (Phi) is 9.33. The second-order valence-corrected chi connectivity index (χ2v) is 8.24. The first kappa shape index (κ1) is 24.8. The molecule has 0 saturated carbocycles. The van der Waals surface area contributed by atoms with Gasteiger partial charge in [0, 0.05) is 45.4 Å². The number of carbonyl (C=O) groups is 1. The number of hydrogen-bond acceptors (Lipinski definition) is 8. The molecule has 180 valence electrons. The lowest BCUT2D eigenvalue weighted by molar-refractivity contribution is -0.140. The van der Waals surface area contributed by atoms with Crippen LogP contribution in [-0.4, -0.2) is 75.4 Å². The number of fused-ring (bicyclic) bond motifs is 1. The predicted octanol–water partition coefficient (Wildman–Crippen LogP) is 3.33. The summed E-state index contributed by atoms with van der Waals surface area (Å²) in [4.78, 5) is 14.5. The molecule has 8 nitrogen and oxygen atoms in total. The molecule has 3 rings (SSSR count). The van der Waals surface area contributed by atoms with Gasteiger partial charge in [0.15, 0.2) is 11.5 Å². The molecule has 8 heteroatoms. The first-order valence-corrected chi connectivity index (χ1v) is 11.3. The van der Waals surface area contributed by atoms with Crippen LogP contribution in [0.15, 0.2) is 42.5 Å². The van der Waals surface area contributed by atoms with E-state index in [1.807, 2.05) is 30.5 Å². The Morgan fingerprint density at radius 1 is 1.27 bits per heavy atom. The summed E-state index contributed by atoms with van der Waals surface area (Å²) in [6, 6.07) is 4.21. The summed E-state index contributed by atoms with van der Waals surface area (Å²) in [7, 11) is 3.11. The molecule has 33 heavy (non-hydrogen) atoms. The molecule has 0 unspecified atom stereocenters. The summed E-state index contributed by atoms with van der Waals surface area (Å²) >= 11 is 0. The van der Waals surface area contributed by atoms with Crippen molar-refractivity contribution in [2.45, 2.75) is 37.8 Å². The molecule has 2 aliphatic heterocycles. The Bertz CT molecular complexity index is 847. The molecular formula is C25H35N3O5. The molecule has 0 amide bonds. The van der Waals surface area contributed by atoms with E-state index >= 15 is 0 Å². The molecule has 0 aliphatic carbocycles. The predicted molar refractivity (Wildman–Crippen MR) is 128 cm³/mol. The lowest BCUT2D eigenvalue weighted by Gasteiger charge is -2.24. The number of nitrogens with zero attached hydrogens (tertiary/aromatic N) is 3. The summed E-state index contributed by atoms with van der Waals surface area (Å²) in [5.74, 6) is 0.813. The molecule has 0 bridgehead atoms. The summed E-state index contributed by atoms with van der Waals surface area (Å²) in [5, 5.41) is 6.83. The van der Waals surface area contributed by atoms with Gasteiger partial charge in [0.1, 0.15) is 0 Å². The molecule has 1 saturated heterocycles. The number of esters is 1. The molecule has 2 heterocycles. The molecular weight excluding hydrogens is 422 g/mol. The molecule has 2 aliphatic rings. The van der Waals surface area contributed by atoms with E-state index in [0.29, 0.717) is 37.7 Å². The number of benzene rings is 1. The third-order valence-electron chi connectivity index (χ3n) is 5.92. The fraction of sp³-hybridized carbons (Fsp3) is 0.520. The van der Waals surface area contributed by atoms with E-state index in [1.54, 1.807) is 7.11 Å². The van der Waals surface area contributed by atoms with Crippen molar-refractivity contribution >= 4 is 12.2 Å². The van der Waals surface area contributed by atoms with Crippen LogP contribution in [0.1, 0.15) is 36.3 Å². The smallest absolute Gasteiger partial charge is 0.306 e. The van der Waals surface area contributed by atoms with Gasteiger partial charge in [-0.15, -0.1) is 13.2 Å². The van der Waals surface area contributed by atoms with Gasteiger partial charge in [-0.1, -0.05) is 12.2 Å². The van der Waals surface area contributed by atoms with E-state index in [-0.39, 0.29) is 31.1 Å². The standard InChI is InChI=1S/C25H35N3O5/c1-5-9-27(10-6-2)16-20-12-23-24(33-18-32-23)14-22(20)19(13-25(29)31-4)15-26-28-11-7-8-21(28)17-30-3/h5-6,12,14-15,19,21H,1-2,7-11,13,16-18H2,3-4H3/b26-15+/t19-,21-/m0/s1. The van der Waals surface area contributed by atoms with Crippen LogP contribution >= 0.6 is 0 Å². The van der Waals surface area contributed by atoms with Crippen LogP contribution in [0.25, 0.3) is 0 Å². The molecule has 0 N–H and O–H groups in total. The molecule has 0 spiro atoms. The maximum absolute atomic E-state index is 12.3. The highest BCUT2D eigenvalue weighted by Gasteiger charge is 2.26. The maximum atomic E-state index is 12.3. The first-order chi connectivity index (χ1) is 16.1. The van der Waals surface area contributed by atoms with Crippen LogP contribution in [-0.2, 0) is 20.8 Å². The van der Waals surface area contributed by atoms with Gasteiger partial charge in [-0.2, -0.15) is 5.10 Å². The molecule has 1 aromatic rings. The van der Waals surface area contributed by atoms with E-state index in [9.17, 15) is 4.79 Å². The third-order valence-corrected chi connectivity index (χ3v) is 5.92. The monoisotopic (exact) mass is 457 g/mol. The fourth-order valence-electron chi connectivity index (χ4n) is 4.30. The lowest BCUT2D eigenvalue weighted by Crippen LogP contribution is -2.29. The average molecular weight is 458 g/mol. The zero-order chi connectivity index (χ0) is 23.6. The Morgan fingerprint density at radius 2 is 2.00 bits per heavy atom. The SMILES string of the molecule is C=CCN(CC=C)Cc1cc2c(cc1[C@H](/C=N/N1CCC[C@H]1COC)CC(=O)OC)OCO2. The lowest BCUT2D eigenvalue weighted by atomic mass is 9.91. The van der Waals surface area contributed by atoms with Crippen molar-refractivity contribution in [3.05, 3.63) is 48.6 Å². The normalized spacial score (nSPS) is 18.2. The van der Waals surface area contributed by atoms with Crippen molar-refractivity contribution in [1.29, 1.82) is 0 Å². The maximum Gasteiger partial charge on any atom is 0.306 e. The first-order valence-electron chi connectivity index (χ1n) is 11.3. The second kappa shape index (κ2) is 12.4. The van der Waals surface area contributed by atoms with E-state index in [2.05, 4.69) is 23.1 Å². The highest BCUT2D eigenvalue weighted by atomic mass is 16.7. The van der Waals surface area contributed by atoms with Gasteiger partial charge in [0.25, 0.3) is 0 Å². The Balaban J connectivity index is 1.95. The van der Waals surface area contributed by atoms with Crippen LogP contribution in [0.5, 0.6) is 11.5 Å². The van der Waals surface area contributed by atoms with Crippen molar-refractivity contribution in [2.24, 2.45) is 5.10 Å². The zero-order valence-corrected chi connectivity index (χ0v) is 19.7. The van der Waals surface area contributed by atoms with Gasteiger partial charge in [0.05, 0.1) is 26.2 Å². The average Bonchev–Trinajstić information content (AvgIpc) is 3.45. The Hall–Kier alpha value is -2.84. The van der Waals surface area contributed by atoms with Crippen molar-refractivity contribution in [2.75, 3.05) is 47.3 Å². The van der Waals surface area contributed by atoms with Crippen molar-refractivity contribution in [1.82, 2.24) is 9.91 Å². The van der Waals surface area contributed by atoms with Crippen molar-refractivity contribution in [3.63, 3.8) is 0 Å². The van der Waals surface area contributed by atoms with E-state index < -0.39 is 0 Å². The minimum Gasteiger partial charge on any atom is -0.469 e. The van der Waals surface area contributed by atoms with Crippen molar-refractivity contribution in [3.8, 4) is 11.5 Å². The van der Waals surface area contributed by atoms with Gasteiger partial charge in [0.2, 0.25) is 6.79 Å². The number of rotatable bonds is 13. The highest BCUT2D eigenvalue weighted by molar-refractivity contribution is 5.79. The Labute approximate surface area is 196 Å². The number of carbonyl (C=O) groups excluding carboxylic acids is 1. The van der Waals surface area contributed by atoms with E-state index in [1.165, 1.54) is 7.11 Å². The van der Waals surface area contributed by atoms with Gasteiger partial charge in [-0.3, -0.25) is 14.7 Å². The topological polar surface area (TPSA) is 72.8 Å². The van der Waals surface area contributed by atoms with Crippen LogP contribution in [0.2, 0.25) is 0 Å². The molecule has 1 fully saturated rings. The van der Waals surface area contributed by atoms with E-state index in [4.69, 9.17) is 24.0 Å². The van der Waals surface area contributed by atoms with Crippen LogP contribution in [0.4, 0.5) is 0 Å². The minimum atomic E-state index is -0.293. The van der Waals surface area contributed by atoms with Crippen LogP contribution in [0, 0.1) is 0 Å². The van der Waals surface area contributed by atoms with Gasteiger partial charge >= 0.3 is 5.97 Å². The van der Waals surface area contributed by atoms with Gasteiger partial charge in [-0.05, 0) is 36.1 Å². The summed E-state index contributed by atoms with van der Waals surface area (Å²) < 4.78 is 21.6. The number of hydrogen-bond donors (Lipinski definition) is 0. The minimum absolute atomic E-state index is 0.179. The molecule has 0 aromatic heterocycles. The quantitative estimate of drug-likeness (QED) is 0.256. The molecule has 0 radical (unpaired) electrons. The zero-order valence-electron chi connectivity index (χ0n) is 19.7. The fourth-order valence-corrected chi connectivity index (χ4v) is 4.30. The largest absolute Gasteiger partial charge is 0.469 e. The van der Waals surface area contributed by atoms with E-state index in [0.717, 1.165) is 30.5 Å². The molecule has 2 atom stereocenters. The van der Waals surface area contributed by atoms with Gasteiger partial charge < -0.3 is 18.9 Å². The van der Waals surface area contributed by atoms with Crippen molar-refractivity contribution < 1.29 is 23.7 Å².